The topological polar surface area (TPSA) is 81.8 Å². The lowest BCUT2D eigenvalue weighted by Gasteiger charge is -2.40. The highest BCUT2D eigenvalue weighted by Crippen LogP contribution is 2.32. The van der Waals surface area contributed by atoms with E-state index in [-0.39, 0.29) is 24.1 Å². The number of carbonyl (C=O) groups is 3. The largest absolute Gasteiger partial charge is 0.362 e. The molecule has 5 rings (SSSR count). The fourth-order valence-corrected chi connectivity index (χ4v) is 5.13. The molecule has 3 aliphatic rings. The van der Waals surface area contributed by atoms with Gasteiger partial charge in [0.1, 0.15) is 11.7 Å². The second-order valence-corrected chi connectivity index (χ2v) is 9.00. The maximum Gasteiger partial charge on any atom is 0.255 e. The number of hydrogen-bond acceptors (Lipinski definition) is 4. The van der Waals surface area contributed by atoms with Crippen LogP contribution in [-0.4, -0.2) is 52.3 Å². The number of amides is 3. The Morgan fingerprint density at radius 3 is 2.53 bits per heavy atom. The molecule has 7 heteroatoms. The van der Waals surface area contributed by atoms with Gasteiger partial charge in [0, 0.05) is 38.2 Å². The average molecular weight is 433 g/mol. The smallest absolute Gasteiger partial charge is 0.255 e. The minimum absolute atomic E-state index is 0.0187. The number of nitrogens with zero attached hydrogens (tertiary/aromatic N) is 2. The van der Waals surface area contributed by atoms with Crippen molar-refractivity contribution in [2.75, 3.05) is 18.4 Å². The molecule has 2 aromatic carbocycles. The first-order chi connectivity index (χ1) is 15.5. The summed E-state index contributed by atoms with van der Waals surface area (Å²) in [4.78, 5) is 42.5. The number of carbonyl (C=O) groups excluding carboxylic acids is 3. The Morgan fingerprint density at radius 2 is 1.69 bits per heavy atom. The van der Waals surface area contributed by atoms with Crippen LogP contribution in [0.25, 0.3) is 0 Å². The zero-order valence-electron chi connectivity index (χ0n) is 18.3. The van der Waals surface area contributed by atoms with E-state index < -0.39 is 11.7 Å². The Morgan fingerprint density at radius 1 is 0.938 bits per heavy atom. The molecule has 2 atom stereocenters. The summed E-state index contributed by atoms with van der Waals surface area (Å²) in [5.74, 6) is -0.193. The van der Waals surface area contributed by atoms with E-state index in [2.05, 4.69) is 22.8 Å². The van der Waals surface area contributed by atoms with Crippen LogP contribution < -0.4 is 10.6 Å². The minimum Gasteiger partial charge on any atom is -0.362 e. The molecule has 2 aromatic rings. The molecule has 1 spiro atoms. The van der Waals surface area contributed by atoms with Crippen LogP contribution >= 0.6 is 0 Å². The van der Waals surface area contributed by atoms with Gasteiger partial charge >= 0.3 is 0 Å². The second kappa shape index (κ2) is 7.97. The highest BCUT2D eigenvalue weighted by Gasteiger charge is 2.42. The molecule has 2 N–H and O–H groups in total. The van der Waals surface area contributed by atoms with Gasteiger partial charge in [-0.3, -0.25) is 14.4 Å². The molecule has 0 radical (unpaired) electrons. The summed E-state index contributed by atoms with van der Waals surface area (Å²) >= 11 is 0. The van der Waals surface area contributed by atoms with E-state index in [1.54, 1.807) is 11.0 Å². The summed E-state index contributed by atoms with van der Waals surface area (Å²) in [5.41, 5.74) is 3.18. The third-order valence-electron chi connectivity index (χ3n) is 7.03. The van der Waals surface area contributed by atoms with Gasteiger partial charge in [-0.1, -0.05) is 36.4 Å². The van der Waals surface area contributed by atoms with Crippen molar-refractivity contribution in [3.05, 3.63) is 65.2 Å². The molecular weight excluding hydrogens is 404 g/mol. The van der Waals surface area contributed by atoms with Crippen LogP contribution in [0.2, 0.25) is 0 Å². The highest BCUT2D eigenvalue weighted by molar-refractivity contribution is 6.02. The van der Waals surface area contributed by atoms with E-state index in [9.17, 15) is 14.4 Å². The maximum atomic E-state index is 13.3. The van der Waals surface area contributed by atoms with Gasteiger partial charge in [0.15, 0.2) is 0 Å². The monoisotopic (exact) mass is 432 g/mol. The van der Waals surface area contributed by atoms with Crippen molar-refractivity contribution in [3.63, 3.8) is 0 Å². The van der Waals surface area contributed by atoms with Crippen LogP contribution in [0.3, 0.4) is 0 Å². The Hall–Kier alpha value is -3.35. The predicted octanol–water partition coefficient (Wildman–Crippen LogP) is 2.52. The zero-order valence-corrected chi connectivity index (χ0v) is 18.3. The van der Waals surface area contributed by atoms with Gasteiger partial charge in [0.25, 0.3) is 5.91 Å². The quantitative estimate of drug-likeness (QED) is 0.764. The molecule has 3 aliphatic heterocycles. The van der Waals surface area contributed by atoms with E-state index in [1.807, 2.05) is 42.2 Å². The van der Waals surface area contributed by atoms with Crippen molar-refractivity contribution in [2.24, 2.45) is 0 Å². The normalized spacial score (nSPS) is 23.5. The highest BCUT2D eigenvalue weighted by atomic mass is 16.2. The van der Waals surface area contributed by atoms with Gasteiger partial charge in [0.05, 0.1) is 5.56 Å². The van der Waals surface area contributed by atoms with Gasteiger partial charge in [-0.2, -0.15) is 0 Å². The van der Waals surface area contributed by atoms with Gasteiger partial charge < -0.3 is 20.4 Å². The number of anilines is 1. The maximum absolute atomic E-state index is 13.3. The van der Waals surface area contributed by atoms with Crippen molar-refractivity contribution in [1.82, 2.24) is 15.1 Å². The van der Waals surface area contributed by atoms with E-state index in [0.717, 1.165) is 12.1 Å². The first-order valence-electron chi connectivity index (χ1n) is 11.3. The number of fused-ring (bicyclic) bond motifs is 2. The number of rotatable bonds is 2. The number of benzene rings is 2. The molecule has 3 amide bonds. The van der Waals surface area contributed by atoms with Crippen molar-refractivity contribution in [1.29, 1.82) is 0 Å². The first-order valence-corrected chi connectivity index (χ1v) is 11.3. The lowest BCUT2D eigenvalue weighted by molar-refractivity contribution is -0.145. The molecule has 166 valence electrons. The molecule has 32 heavy (non-hydrogen) atoms. The van der Waals surface area contributed by atoms with Gasteiger partial charge in [-0.25, -0.2) is 0 Å². The second-order valence-electron chi connectivity index (χ2n) is 9.00. The number of nitrogens with one attached hydrogen (secondary N) is 2. The predicted molar refractivity (Wildman–Crippen MR) is 121 cm³/mol. The lowest BCUT2D eigenvalue weighted by Crippen LogP contribution is -2.58. The number of hydrogen-bond donors (Lipinski definition) is 2. The summed E-state index contributed by atoms with van der Waals surface area (Å²) in [6.07, 6.45) is 2.14. The van der Waals surface area contributed by atoms with Crippen LogP contribution in [0.15, 0.2) is 48.5 Å². The zero-order chi connectivity index (χ0) is 22.3. The molecular formula is C25H28N4O3. The Bertz CT molecular complexity index is 1080. The molecule has 3 heterocycles. The summed E-state index contributed by atoms with van der Waals surface area (Å²) in [6, 6.07) is 15.1. The van der Waals surface area contributed by atoms with E-state index >= 15 is 0 Å². The minimum atomic E-state index is -0.678. The molecule has 0 aliphatic carbocycles. The fraction of sp³-hybridized carbons (Fsp3) is 0.400. The van der Waals surface area contributed by atoms with Crippen molar-refractivity contribution in [2.45, 2.75) is 50.9 Å². The first kappa shape index (κ1) is 20.5. The molecule has 7 nitrogen and oxygen atoms in total. The Labute approximate surface area is 187 Å². The average Bonchev–Trinajstić information content (AvgIpc) is 2.96. The molecule has 0 bridgehead atoms. The van der Waals surface area contributed by atoms with E-state index in [4.69, 9.17) is 0 Å². The van der Waals surface area contributed by atoms with Gasteiger partial charge in [-0.15, -0.1) is 0 Å². The summed E-state index contributed by atoms with van der Waals surface area (Å²) in [5, 5.41) is 6.55. The third kappa shape index (κ3) is 3.61. The number of likely N-dealkylation sites (tertiary alicyclic amines) is 1. The summed E-state index contributed by atoms with van der Waals surface area (Å²) in [6.45, 7) is 3.48. The van der Waals surface area contributed by atoms with Gasteiger partial charge in [0.2, 0.25) is 11.8 Å². The van der Waals surface area contributed by atoms with Crippen molar-refractivity contribution < 1.29 is 14.4 Å². The van der Waals surface area contributed by atoms with Crippen LogP contribution in [-0.2, 0) is 22.6 Å². The summed E-state index contributed by atoms with van der Waals surface area (Å²) in [7, 11) is 0. The lowest BCUT2D eigenvalue weighted by atomic mass is 9.95. The van der Waals surface area contributed by atoms with Crippen LogP contribution in [0, 0.1) is 0 Å². The fourth-order valence-electron chi connectivity index (χ4n) is 5.13. The van der Waals surface area contributed by atoms with Crippen LogP contribution in [0.5, 0.6) is 0 Å². The van der Waals surface area contributed by atoms with Crippen molar-refractivity contribution >= 4 is 23.4 Å². The van der Waals surface area contributed by atoms with Crippen LogP contribution in [0.4, 0.5) is 5.69 Å². The van der Waals surface area contributed by atoms with Crippen LogP contribution in [0.1, 0.15) is 47.7 Å². The third-order valence-corrected chi connectivity index (χ3v) is 7.03. The SMILES string of the molecule is CC(C(=O)N1CCc2ccccc2C1)N1CCC2(CCC1=O)NC(=O)c1ccccc1N2. The van der Waals surface area contributed by atoms with E-state index in [1.165, 1.54) is 11.1 Å². The molecule has 1 saturated heterocycles. The van der Waals surface area contributed by atoms with Crippen molar-refractivity contribution in [3.8, 4) is 0 Å². The Kier molecular flexibility index (Phi) is 5.12. The molecule has 0 aromatic heterocycles. The van der Waals surface area contributed by atoms with E-state index in [0.29, 0.717) is 38.0 Å². The molecule has 1 fully saturated rings. The number of para-hydroxylation sites is 1. The molecule has 2 unspecified atom stereocenters. The summed E-state index contributed by atoms with van der Waals surface area (Å²) < 4.78 is 0. The Balaban J connectivity index is 1.30. The van der Waals surface area contributed by atoms with Gasteiger partial charge in [-0.05, 0) is 43.0 Å². The standard InChI is InChI=1S/C25H28N4O3/c1-17(24(32)28-14-11-18-6-2-3-7-19(18)16-28)29-15-13-25(12-10-22(29)30)26-21-9-5-4-8-20(21)23(31)27-25/h2-9,17,26H,10-16H2,1H3,(H,27,31). The molecule has 0 saturated carbocycles.